The molecule has 3 aromatic rings. The van der Waals surface area contributed by atoms with Crippen LogP contribution in [-0.2, 0) is 11.2 Å². The summed E-state index contributed by atoms with van der Waals surface area (Å²) in [6.45, 7) is 0.489. The minimum absolute atomic E-state index is 0.296. The summed E-state index contributed by atoms with van der Waals surface area (Å²) < 4.78 is 4.80. The van der Waals surface area contributed by atoms with Crippen LogP contribution in [0.1, 0.15) is 33.5 Å². The van der Waals surface area contributed by atoms with Gasteiger partial charge >= 0.3 is 12.0 Å². The third-order valence-electron chi connectivity index (χ3n) is 4.73. The zero-order valence-electron chi connectivity index (χ0n) is 15.3. The van der Waals surface area contributed by atoms with E-state index >= 15 is 0 Å². The molecule has 1 aliphatic heterocycles. The SMILES string of the molecule is COC(=O)c1ccccc1NC(=O)N1CCc2[nH]cnc2[C@@H]1c1ccccn1. The molecular formula is C20H19N5O3. The molecule has 0 bridgehead atoms. The van der Waals surface area contributed by atoms with Crippen molar-refractivity contribution in [3.63, 3.8) is 0 Å². The van der Waals surface area contributed by atoms with Gasteiger partial charge in [0.2, 0.25) is 0 Å². The Hall–Kier alpha value is -3.68. The second kappa shape index (κ2) is 7.51. The number of urea groups is 1. The van der Waals surface area contributed by atoms with E-state index < -0.39 is 12.0 Å². The number of benzene rings is 1. The van der Waals surface area contributed by atoms with Crippen LogP contribution >= 0.6 is 0 Å². The van der Waals surface area contributed by atoms with E-state index in [4.69, 9.17) is 4.74 Å². The number of aromatic nitrogens is 3. The molecule has 0 spiro atoms. The normalized spacial score (nSPS) is 15.6. The molecule has 0 radical (unpaired) electrons. The van der Waals surface area contributed by atoms with E-state index in [9.17, 15) is 9.59 Å². The van der Waals surface area contributed by atoms with E-state index in [2.05, 4.69) is 20.3 Å². The number of hydrogen-bond donors (Lipinski definition) is 2. The number of hydrogen-bond acceptors (Lipinski definition) is 5. The van der Waals surface area contributed by atoms with Gasteiger partial charge in [-0.15, -0.1) is 0 Å². The molecule has 2 aromatic heterocycles. The van der Waals surface area contributed by atoms with Crippen LogP contribution in [-0.4, -0.2) is 45.5 Å². The molecule has 8 nitrogen and oxygen atoms in total. The summed E-state index contributed by atoms with van der Waals surface area (Å²) in [4.78, 5) is 38.8. The molecule has 0 saturated carbocycles. The molecule has 8 heteroatoms. The Balaban J connectivity index is 1.67. The lowest BCUT2D eigenvalue weighted by Gasteiger charge is -2.34. The Bertz CT molecular complexity index is 1000. The first kappa shape index (κ1) is 17.7. The number of H-pyrrole nitrogens is 1. The van der Waals surface area contributed by atoms with Gasteiger partial charge in [0.05, 0.1) is 36.1 Å². The number of nitrogens with zero attached hydrogens (tertiary/aromatic N) is 3. The maximum atomic E-state index is 13.1. The first-order valence-electron chi connectivity index (χ1n) is 8.87. The zero-order valence-corrected chi connectivity index (χ0v) is 15.3. The average molecular weight is 377 g/mol. The highest BCUT2D eigenvalue weighted by atomic mass is 16.5. The third-order valence-corrected chi connectivity index (χ3v) is 4.73. The minimum Gasteiger partial charge on any atom is -0.465 e. The van der Waals surface area contributed by atoms with E-state index in [0.29, 0.717) is 24.2 Å². The number of esters is 1. The molecule has 0 saturated heterocycles. The Kier molecular flexibility index (Phi) is 4.76. The number of anilines is 1. The quantitative estimate of drug-likeness (QED) is 0.684. The van der Waals surface area contributed by atoms with Crippen LogP contribution < -0.4 is 5.32 Å². The highest BCUT2D eigenvalue weighted by molar-refractivity contribution is 6.01. The molecule has 2 N–H and O–H groups in total. The van der Waals surface area contributed by atoms with Gasteiger partial charge in [-0.3, -0.25) is 4.98 Å². The molecule has 28 heavy (non-hydrogen) atoms. The summed E-state index contributed by atoms with van der Waals surface area (Å²) in [7, 11) is 1.31. The lowest BCUT2D eigenvalue weighted by molar-refractivity contribution is 0.0602. The van der Waals surface area contributed by atoms with Crippen molar-refractivity contribution in [2.45, 2.75) is 12.5 Å². The molecule has 1 aliphatic rings. The molecule has 0 unspecified atom stereocenters. The third kappa shape index (κ3) is 3.20. The molecular weight excluding hydrogens is 358 g/mol. The van der Waals surface area contributed by atoms with Crippen molar-refractivity contribution in [3.8, 4) is 0 Å². The van der Waals surface area contributed by atoms with E-state index in [1.54, 1.807) is 41.7 Å². The lowest BCUT2D eigenvalue weighted by atomic mass is 9.99. The summed E-state index contributed by atoms with van der Waals surface area (Å²) in [5.74, 6) is -0.509. The second-order valence-corrected chi connectivity index (χ2v) is 6.33. The number of pyridine rings is 1. The van der Waals surface area contributed by atoms with Crippen LogP contribution in [0.5, 0.6) is 0 Å². The maximum Gasteiger partial charge on any atom is 0.339 e. The number of nitrogens with one attached hydrogen (secondary N) is 2. The first-order valence-corrected chi connectivity index (χ1v) is 8.87. The van der Waals surface area contributed by atoms with Gasteiger partial charge < -0.3 is 19.9 Å². The molecule has 142 valence electrons. The summed E-state index contributed by atoms with van der Waals surface area (Å²) >= 11 is 0. The topological polar surface area (TPSA) is 100 Å². The van der Waals surface area contributed by atoms with Crippen molar-refractivity contribution in [2.75, 3.05) is 19.0 Å². The number of carbonyl (C=O) groups is 2. The van der Waals surface area contributed by atoms with Crippen LogP contribution in [0.2, 0.25) is 0 Å². The number of ether oxygens (including phenoxy) is 1. The van der Waals surface area contributed by atoms with Gasteiger partial charge in [-0.05, 0) is 24.3 Å². The summed E-state index contributed by atoms with van der Waals surface area (Å²) in [6, 6.07) is 11.6. The number of para-hydroxylation sites is 1. The summed E-state index contributed by atoms with van der Waals surface area (Å²) in [6.07, 6.45) is 3.98. The van der Waals surface area contributed by atoms with Crippen molar-refractivity contribution in [2.24, 2.45) is 0 Å². The monoisotopic (exact) mass is 377 g/mol. The van der Waals surface area contributed by atoms with E-state index in [-0.39, 0.29) is 6.03 Å². The molecule has 0 fully saturated rings. The standard InChI is InChI=1S/C20H19N5O3/c1-28-19(26)13-6-2-3-7-14(13)24-20(27)25-11-9-15-17(23-12-22-15)18(25)16-8-4-5-10-21-16/h2-8,10,12,18H,9,11H2,1H3,(H,22,23)(H,24,27)/t18-/m0/s1. The Morgan fingerprint density at radius 3 is 2.79 bits per heavy atom. The van der Waals surface area contributed by atoms with E-state index in [1.807, 2.05) is 18.2 Å². The summed E-state index contributed by atoms with van der Waals surface area (Å²) in [5.41, 5.74) is 3.19. The number of amides is 2. The van der Waals surface area contributed by atoms with Crippen LogP contribution in [0.4, 0.5) is 10.5 Å². The van der Waals surface area contributed by atoms with Gasteiger partial charge in [0, 0.05) is 24.9 Å². The van der Waals surface area contributed by atoms with E-state index in [1.165, 1.54) is 7.11 Å². The molecule has 1 atom stereocenters. The maximum absolute atomic E-state index is 13.1. The Labute approximate surface area is 161 Å². The molecule has 0 aliphatic carbocycles. The summed E-state index contributed by atoms with van der Waals surface area (Å²) in [5, 5.41) is 2.84. The number of methoxy groups -OCH3 is 1. The number of fused-ring (bicyclic) bond motifs is 1. The van der Waals surface area contributed by atoms with Crippen LogP contribution in [0.3, 0.4) is 0 Å². The first-order chi connectivity index (χ1) is 13.7. The van der Waals surface area contributed by atoms with Crippen LogP contribution in [0.15, 0.2) is 55.0 Å². The van der Waals surface area contributed by atoms with Crippen LogP contribution in [0.25, 0.3) is 0 Å². The Morgan fingerprint density at radius 1 is 1.18 bits per heavy atom. The molecule has 4 rings (SSSR count). The van der Waals surface area contributed by atoms with Crippen molar-refractivity contribution < 1.29 is 14.3 Å². The predicted octanol–water partition coefficient (Wildman–Crippen LogP) is 2.77. The van der Waals surface area contributed by atoms with Gasteiger partial charge in [-0.2, -0.15) is 0 Å². The molecule has 2 amide bonds. The lowest BCUT2D eigenvalue weighted by Crippen LogP contribution is -2.43. The van der Waals surface area contributed by atoms with Gasteiger partial charge in [-0.25, -0.2) is 14.6 Å². The fraction of sp³-hybridized carbons (Fsp3) is 0.200. The fourth-order valence-electron chi connectivity index (χ4n) is 3.40. The highest BCUT2D eigenvalue weighted by Crippen LogP contribution is 2.32. The van der Waals surface area contributed by atoms with Crippen molar-refractivity contribution in [3.05, 3.63) is 77.6 Å². The zero-order chi connectivity index (χ0) is 19.5. The van der Waals surface area contributed by atoms with Gasteiger partial charge in [0.15, 0.2) is 0 Å². The van der Waals surface area contributed by atoms with Gasteiger partial charge in [-0.1, -0.05) is 18.2 Å². The molecule has 3 heterocycles. The smallest absolute Gasteiger partial charge is 0.339 e. The highest BCUT2D eigenvalue weighted by Gasteiger charge is 2.35. The second-order valence-electron chi connectivity index (χ2n) is 6.33. The minimum atomic E-state index is -0.509. The number of imidazole rings is 1. The van der Waals surface area contributed by atoms with Crippen molar-refractivity contribution in [1.29, 1.82) is 0 Å². The Morgan fingerprint density at radius 2 is 2.00 bits per heavy atom. The van der Waals surface area contributed by atoms with Crippen LogP contribution in [0, 0.1) is 0 Å². The average Bonchev–Trinajstić information content (AvgIpc) is 3.22. The number of carbonyl (C=O) groups excluding carboxylic acids is 2. The fourth-order valence-corrected chi connectivity index (χ4v) is 3.40. The molecule has 1 aromatic carbocycles. The van der Waals surface area contributed by atoms with Crippen molar-refractivity contribution in [1.82, 2.24) is 19.9 Å². The van der Waals surface area contributed by atoms with E-state index in [0.717, 1.165) is 17.1 Å². The predicted molar refractivity (Wildman–Crippen MR) is 102 cm³/mol. The van der Waals surface area contributed by atoms with Gasteiger partial charge in [0.1, 0.15) is 6.04 Å². The number of rotatable bonds is 3. The largest absolute Gasteiger partial charge is 0.465 e. The number of aromatic amines is 1. The van der Waals surface area contributed by atoms with Gasteiger partial charge in [0.25, 0.3) is 0 Å². The van der Waals surface area contributed by atoms with Crippen molar-refractivity contribution >= 4 is 17.7 Å².